The van der Waals surface area contributed by atoms with Crippen LogP contribution in [-0.4, -0.2) is 45.9 Å². The molecule has 0 radical (unpaired) electrons. The van der Waals surface area contributed by atoms with Gasteiger partial charge in [0.1, 0.15) is 11.5 Å². The van der Waals surface area contributed by atoms with Gasteiger partial charge in [-0.1, -0.05) is 16.8 Å². The van der Waals surface area contributed by atoms with Crippen LogP contribution in [-0.2, 0) is 22.5 Å². The topological polar surface area (TPSA) is 96.0 Å². The summed E-state index contributed by atoms with van der Waals surface area (Å²) in [5, 5.41) is 24.1. The fourth-order valence-corrected chi connectivity index (χ4v) is 4.31. The van der Waals surface area contributed by atoms with E-state index in [1.54, 1.807) is 7.11 Å². The summed E-state index contributed by atoms with van der Waals surface area (Å²) in [6.07, 6.45) is 4.35. The van der Waals surface area contributed by atoms with Crippen molar-refractivity contribution in [3.05, 3.63) is 28.4 Å². The molecule has 0 atom stereocenters. The highest BCUT2D eigenvalue weighted by Crippen LogP contribution is 2.40. The number of amides is 1. The van der Waals surface area contributed by atoms with Crippen molar-refractivity contribution >= 4 is 17.5 Å². The monoisotopic (exact) mass is 406 g/mol. The van der Waals surface area contributed by atoms with Gasteiger partial charge in [0.05, 0.1) is 28.9 Å². The van der Waals surface area contributed by atoms with E-state index < -0.39 is 0 Å². The average Bonchev–Trinajstić information content (AvgIpc) is 3.13. The highest BCUT2D eigenvalue weighted by molar-refractivity contribution is 6.32. The molecule has 2 aromatic rings. The smallest absolute Gasteiger partial charge is 0.225 e. The molecular weight excluding hydrogens is 384 g/mol. The number of aromatic hydroxyl groups is 2. The van der Waals surface area contributed by atoms with E-state index in [9.17, 15) is 15.0 Å². The molecule has 7 nitrogen and oxygen atoms in total. The lowest BCUT2D eigenvalue weighted by molar-refractivity contribution is -0.138. The minimum atomic E-state index is -0.209. The van der Waals surface area contributed by atoms with Crippen molar-refractivity contribution in [2.24, 2.45) is 5.92 Å². The van der Waals surface area contributed by atoms with E-state index in [0.29, 0.717) is 30.8 Å². The van der Waals surface area contributed by atoms with E-state index in [4.69, 9.17) is 20.9 Å². The molecule has 2 heterocycles. The lowest BCUT2D eigenvalue weighted by atomic mass is 9.86. The Bertz CT molecular complexity index is 889. The quantitative estimate of drug-likeness (QED) is 0.809. The lowest BCUT2D eigenvalue weighted by Gasteiger charge is -2.33. The zero-order valence-corrected chi connectivity index (χ0v) is 16.4. The second-order valence-electron chi connectivity index (χ2n) is 7.48. The Hall–Kier alpha value is -2.25. The third kappa shape index (κ3) is 3.44. The fraction of sp³-hybridized carbons (Fsp3) is 0.500. The molecule has 2 N–H and O–H groups in total. The van der Waals surface area contributed by atoms with Crippen molar-refractivity contribution in [2.45, 2.75) is 44.8 Å². The zero-order chi connectivity index (χ0) is 19.8. The maximum absolute atomic E-state index is 13.0. The molecular formula is C20H23ClN2O5. The predicted octanol–water partition coefficient (Wildman–Crippen LogP) is 3.50. The van der Waals surface area contributed by atoms with E-state index in [1.807, 2.05) is 4.90 Å². The van der Waals surface area contributed by atoms with Gasteiger partial charge in [0.25, 0.3) is 0 Å². The number of methoxy groups -OCH3 is 1. The maximum atomic E-state index is 13.0. The summed E-state index contributed by atoms with van der Waals surface area (Å²) in [6.45, 7) is 0.986. The molecule has 1 aliphatic carbocycles. The van der Waals surface area contributed by atoms with Crippen molar-refractivity contribution in [2.75, 3.05) is 13.7 Å². The summed E-state index contributed by atoms with van der Waals surface area (Å²) in [5.41, 5.74) is 1.92. The molecule has 4 rings (SSSR count). The molecule has 0 unspecified atom stereocenters. The highest BCUT2D eigenvalue weighted by atomic mass is 35.5. The number of phenolic OH excluding ortho intramolecular Hbond substituents is 2. The summed E-state index contributed by atoms with van der Waals surface area (Å²) in [4.78, 5) is 14.9. The molecule has 0 spiro atoms. The molecule has 1 aromatic heterocycles. The molecule has 28 heavy (non-hydrogen) atoms. The van der Waals surface area contributed by atoms with Gasteiger partial charge in [-0.3, -0.25) is 4.79 Å². The third-order valence-corrected chi connectivity index (χ3v) is 6.12. The number of nitrogens with zero attached hydrogens (tertiary/aromatic N) is 2. The van der Waals surface area contributed by atoms with E-state index in [2.05, 4.69) is 5.16 Å². The molecule has 150 valence electrons. The zero-order valence-electron chi connectivity index (χ0n) is 15.7. The minimum absolute atomic E-state index is 0.0211. The van der Waals surface area contributed by atoms with Crippen LogP contribution in [0, 0.1) is 5.92 Å². The van der Waals surface area contributed by atoms with Gasteiger partial charge < -0.3 is 24.4 Å². The van der Waals surface area contributed by atoms with Crippen LogP contribution in [0.2, 0.25) is 5.02 Å². The van der Waals surface area contributed by atoms with Gasteiger partial charge in [0.2, 0.25) is 5.91 Å². The van der Waals surface area contributed by atoms with Crippen molar-refractivity contribution in [3.63, 3.8) is 0 Å². The van der Waals surface area contributed by atoms with Crippen LogP contribution in [0.3, 0.4) is 0 Å². The standard InChI is InChI=1S/C20H23ClN2O5/c1-27-12-4-2-11(3-5-12)20(26)23-7-6-16-14(10-23)19(28-22-16)13-8-15(21)18(25)9-17(13)24/h8-9,11-12,24-25H,2-7,10H2,1H3/t11-,12+. The number of aromatic nitrogens is 1. The normalized spacial score (nSPS) is 22.1. The van der Waals surface area contributed by atoms with Crippen LogP contribution in [0.5, 0.6) is 11.5 Å². The Labute approximate surface area is 167 Å². The minimum Gasteiger partial charge on any atom is -0.507 e. The van der Waals surface area contributed by atoms with E-state index in [-0.39, 0.29) is 34.5 Å². The summed E-state index contributed by atoms with van der Waals surface area (Å²) < 4.78 is 10.9. The van der Waals surface area contributed by atoms with Crippen LogP contribution in [0.15, 0.2) is 16.7 Å². The lowest BCUT2D eigenvalue weighted by Crippen LogP contribution is -2.41. The van der Waals surface area contributed by atoms with Gasteiger partial charge in [0.15, 0.2) is 5.76 Å². The van der Waals surface area contributed by atoms with E-state index in [0.717, 1.165) is 36.9 Å². The summed E-state index contributed by atoms with van der Waals surface area (Å²) in [5.74, 6) is 0.199. The van der Waals surface area contributed by atoms with Gasteiger partial charge in [-0.15, -0.1) is 0 Å². The van der Waals surface area contributed by atoms with Crippen molar-refractivity contribution in [1.82, 2.24) is 10.1 Å². The first-order valence-electron chi connectivity index (χ1n) is 9.48. The number of carbonyl (C=O) groups is 1. The molecule has 2 aliphatic rings. The molecule has 1 aromatic carbocycles. The summed E-state index contributed by atoms with van der Waals surface area (Å²) >= 11 is 5.99. The molecule has 1 amide bonds. The predicted molar refractivity (Wildman–Crippen MR) is 102 cm³/mol. The van der Waals surface area contributed by atoms with Crippen LogP contribution in [0.4, 0.5) is 0 Å². The summed E-state index contributed by atoms with van der Waals surface area (Å²) in [6, 6.07) is 2.62. The summed E-state index contributed by atoms with van der Waals surface area (Å²) in [7, 11) is 1.72. The van der Waals surface area contributed by atoms with Crippen LogP contribution in [0.25, 0.3) is 11.3 Å². The van der Waals surface area contributed by atoms with Gasteiger partial charge in [0, 0.05) is 37.6 Å². The average molecular weight is 407 g/mol. The molecule has 1 aliphatic heterocycles. The van der Waals surface area contributed by atoms with Crippen molar-refractivity contribution in [3.8, 4) is 22.8 Å². The molecule has 0 saturated heterocycles. The van der Waals surface area contributed by atoms with Gasteiger partial charge in [-0.2, -0.15) is 0 Å². The number of carbonyl (C=O) groups excluding carboxylic acids is 1. The highest BCUT2D eigenvalue weighted by Gasteiger charge is 2.33. The number of phenols is 2. The largest absolute Gasteiger partial charge is 0.507 e. The van der Waals surface area contributed by atoms with Gasteiger partial charge >= 0.3 is 0 Å². The van der Waals surface area contributed by atoms with Crippen molar-refractivity contribution < 1.29 is 24.3 Å². The first-order valence-corrected chi connectivity index (χ1v) is 9.86. The Balaban J connectivity index is 1.55. The number of ether oxygens (including phenoxy) is 1. The van der Waals surface area contributed by atoms with Gasteiger partial charge in [-0.05, 0) is 31.7 Å². The first-order chi connectivity index (χ1) is 13.5. The van der Waals surface area contributed by atoms with E-state index in [1.165, 1.54) is 12.1 Å². The Morgan fingerprint density at radius 3 is 2.71 bits per heavy atom. The van der Waals surface area contributed by atoms with Crippen LogP contribution < -0.4 is 0 Å². The van der Waals surface area contributed by atoms with Crippen molar-refractivity contribution in [1.29, 1.82) is 0 Å². The molecule has 8 heteroatoms. The second-order valence-corrected chi connectivity index (χ2v) is 7.88. The Morgan fingerprint density at radius 1 is 1.25 bits per heavy atom. The number of hydrogen-bond acceptors (Lipinski definition) is 6. The molecule has 1 fully saturated rings. The van der Waals surface area contributed by atoms with Crippen LogP contribution in [0.1, 0.15) is 36.9 Å². The van der Waals surface area contributed by atoms with E-state index >= 15 is 0 Å². The number of rotatable bonds is 3. The van der Waals surface area contributed by atoms with Gasteiger partial charge in [-0.25, -0.2) is 0 Å². The number of hydrogen-bond donors (Lipinski definition) is 2. The number of benzene rings is 1. The molecule has 1 saturated carbocycles. The molecule has 0 bridgehead atoms. The second kappa shape index (κ2) is 7.64. The maximum Gasteiger partial charge on any atom is 0.225 e. The number of halogens is 1. The Morgan fingerprint density at radius 2 is 2.00 bits per heavy atom. The fourth-order valence-electron chi connectivity index (χ4n) is 4.15. The third-order valence-electron chi connectivity index (χ3n) is 5.82. The SMILES string of the molecule is CO[C@H]1CC[C@@H](C(=O)N2CCc3noc(-c4cc(Cl)c(O)cc4O)c3C2)CC1. The first kappa shape index (κ1) is 19.1. The Kier molecular flexibility index (Phi) is 5.21. The number of fused-ring (bicyclic) bond motifs is 1. The van der Waals surface area contributed by atoms with Crippen LogP contribution >= 0.6 is 11.6 Å².